The second-order valence-corrected chi connectivity index (χ2v) is 12.2. The molecule has 4 aromatic rings. The number of aliphatic hydroxyl groups excluding tert-OH is 1. The van der Waals surface area contributed by atoms with Crippen molar-refractivity contribution in [3.8, 4) is 22.1 Å². The lowest BCUT2D eigenvalue weighted by Crippen LogP contribution is -2.50. The number of pyridine rings is 2. The van der Waals surface area contributed by atoms with E-state index in [2.05, 4.69) is 20.9 Å². The van der Waals surface area contributed by atoms with E-state index >= 15 is 0 Å². The molecule has 1 saturated carbocycles. The quantitative estimate of drug-likeness (QED) is 0.271. The van der Waals surface area contributed by atoms with Crippen molar-refractivity contribution in [2.24, 2.45) is 5.92 Å². The molecule has 1 saturated heterocycles. The second kappa shape index (κ2) is 12.2. The van der Waals surface area contributed by atoms with Gasteiger partial charge in [0.1, 0.15) is 17.6 Å². The van der Waals surface area contributed by atoms with E-state index in [4.69, 9.17) is 4.74 Å². The highest BCUT2D eigenvalue weighted by molar-refractivity contribution is 7.22. The van der Waals surface area contributed by atoms with Crippen LogP contribution in [0.25, 0.3) is 20.8 Å². The monoisotopic (exact) mass is 588 g/mol. The maximum absolute atomic E-state index is 14.9. The largest absolute Gasteiger partial charge is 0.453 e. The number of hydrogen-bond acceptors (Lipinski definition) is 8. The molecule has 0 unspecified atom stereocenters. The topological polar surface area (TPSA) is 95.9 Å². The van der Waals surface area contributed by atoms with Crippen molar-refractivity contribution in [3.63, 3.8) is 0 Å². The van der Waals surface area contributed by atoms with Crippen LogP contribution >= 0.6 is 11.3 Å². The van der Waals surface area contributed by atoms with Crippen LogP contribution in [0.5, 0.6) is 11.5 Å². The Kier molecular flexibility index (Phi) is 8.28. The lowest BCUT2D eigenvalue weighted by Gasteiger charge is -2.35. The first-order valence-electron chi connectivity index (χ1n) is 14.3. The molecule has 0 radical (unpaired) electrons. The molecule has 1 aliphatic carbocycles. The minimum atomic E-state index is -0.966. The third-order valence-electron chi connectivity index (χ3n) is 7.73. The van der Waals surface area contributed by atoms with Gasteiger partial charge >= 0.3 is 0 Å². The SMILES string of the molecule is C[C@H](O)C(=O)N1CCN(Cc2ccc(-c3cc4nccc(Oc5ccc(CC(=O)CC6CC6)cc5F)c4s3)nc2)CC1. The fraction of sp³-hybridized carbons (Fsp3) is 0.375. The van der Waals surface area contributed by atoms with Gasteiger partial charge in [0.2, 0.25) is 0 Å². The molecular weight excluding hydrogens is 555 g/mol. The molecule has 0 bridgehead atoms. The number of thiophene rings is 1. The number of rotatable bonds is 10. The molecule has 0 spiro atoms. The third kappa shape index (κ3) is 6.67. The van der Waals surface area contributed by atoms with Crippen molar-refractivity contribution < 1.29 is 23.8 Å². The highest BCUT2D eigenvalue weighted by Gasteiger charge is 2.25. The molecule has 2 fully saturated rings. The van der Waals surface area contributed by atoms with Gasteiger partial charge in [-0.25, -0.2) is 4.39 Å². The van der Waals surface area contributed by atoms with Crippen LogP contribution < -0.4 is 4.74 Å². The number of Topliss-reactive ketones (excluding diaryl/α,β-unsaturated/α-hetero) is 1. The Morgan fingerprint density at radius 3 is 2.52 bits per heavy atom. The van der Waals surface area contributed by atoms with Gasteiger partial charge in [0.15, 0.2) is 11.6 Å². The number of amides is 1. The average molecular weight is 589 g/mol. The van der Waals surface area contributed by atoms with E-state index in [1.54, 1.807) is 29.3 Å². The highest BCUT2D eigenvalue weighted by atomic mass is 32.1. The zero-order valence-electron chi connectivity index (χ0n) is 23.5. The van der Waals surface area contributed by atoms with Crippen LogP contribution in [0, 0.1) is 11.7 Å². The van der Waals surface area contributed by atoms with Gasteiger partial charge in [0.05, 0.1) is 20.8 Å². The molecule has 1 aromatic carbocycles. The number of benzene rings is 1. The number of carbonyl (C=O) groups excluding carboxylic acids is 2. The Morgan fingerprint density at radius 1 is 1.05 bits per heavy atom. The zero-order chi connectivity index (χ0) is 29.2. The van der Waals surface area contributed by atoms with Gasteiger partial charge in [-0.05, 0) is 61.1 Å². The van der Waals surface area contributed by atoms with E-state index in [-0.39, 0.29) is 23.9 Å². The molecule has 4 heterocycles. The Hall–Kier alpha value is -3.73. The molecular formula is C32H33FN4O4S. The number of aromatic nitrogens is 2. The molecule has 1 aliphatic heterocycles. The minimum Gasteiger partial charge on any atom is -0.453 e. The van der Waals surface area contributed by atoms with E-state index in [1.807, 2.05) is 18.3 Å². The minimum absolute atomic E-state index is 0.106. The number of aliphatic hydroxyl groups is 1. The summed E-state index contributed by atoms with van der Waals surface area (Å²) in [5.74, 6) is 0.570. The maximum atomic E-state index is 14.9. The van der Waals surface area contributed by atoms with Crippen LogP contribution in [0.15, 0.2) is 54.9 Å². The van der Waals surface area contributed by atoms with Crippen molar-refractivity contribution >= 4 is 33.2 Å². The predicted octanol–water partition coefficient (Wildman–Crippen LogP) is 5.23. The first-order chi connectivity index (χ1) is 20.3. The number of carbonyl (C=O) groups is 2. The van der Waals surface area contributed by atoms with Gasteiger partial charge in [-0.15, -0.1) is 11.3 Å². The van der Waals surface area contributed by atoms with Crippen molar-refractivity contribution in [2.75, 3.05) is 26.2 Å². The Labute approximate surface area is 247 Å². The van der Waals surface area contributed by atoms with Crippen molar-refractivity contribution in [1.82, 2.24) is 19.8 Å². The average Bonchev–Trinajstić information content (AvgIpc) is 3.68. The van der Waals surface area contributed by atoms with Crippen LogP contribution in [-0.2, 0) is 22.6 Å². The summed E-state index contributed by atoms with van der Waals surface area (Å²) in [6, 6.07) is 12.4. The van der Waals surface area contributed by atoms with Gasteiger partial charge in [-0.3, -0.25) is 24.5 Å². The maximum Gasteiger partial charge on any atom is 0.251 e. The van der Waals surface area contributed by atoms with Crippen molar-refractivity contribution in [2.45, 2.75) is 45.3 Å². The fourth-order valence-corrected chi connectivity index (χ4v) is 6.28. The predicted molar refractivity (Wildman–Crippen MR) is 159 cm³/mol. The van der Waals surface area contributed by atoms with Gasteiger partial charge in [0.25, 0.3) is 5.91 Å². The molecule has 3 aromatic heterocycles. The molecule has 42 heavy (non-hydrogen) atoms. The highest BCUT2D eigenvalue weighted by Crippen LogP contribution is 2.39. The van der Waals surface area contributed by atoms with Gasteiger partial charge in [-0.1, -0.05) is 12.1 Å². The molecule has 1 N–H and O–H groups in total. The normalized spacial score (nSPS) is 16.5. The standard InChI is InChI=1S/C32H33FN4O4S/c1-20(38)32(40)37-12-10-36(11-13-37)19-23-4-6-26(35-18-23)30-17-27-31(42-30)29(8-9-34-27)41-28-7-5-22(16-25(28)33)15-24(39)14-21-2-3-21/h4-9,16-18,20-21,38H,2-3,10-15,19H2,1H3/t20-/m0/s1. The van der Waals surface area contributed by atoms with Crippen LogP contribution in [-0.4, -0.2) is 68.8 Å². The number of piperazine rings is 1. The Morgan fingerprint density at radius 2 is 1.83 bits per heavy atom. The van der Waals surface area contributed by atoms with E-state index < -0.39 is 11.9 Å². The van der Waals surface area contributed by atoms with E-state index in [1.165, 1.54) is 24.3 Å². The number of halogens is 1. The summed E-state index contributed by atoms with van der Waals surface area (Å²) < 4.78 is 21.7. The lowest BCUT2D eigenvalue weighted by atomic mass is 10.0. The smallest absolute Gasteiger partial charge is 0.251 e. The van der Waals surface area contributed by atoms with Crippen LogP contribution in [0.1, 0.15) is 37.3 Å². The molecule has 10 heteroatoms. The zero-order valence-corrected chi connectivity index (χ0v) is 24.3. The number of hydrogen-bond donors (Lipinski definition) is 1. The number of ketones is 1. The van der Waals surface area contributed by atoms with Crippen molar-refractivity contribution in [1.29, 1.82) is 0 Å². The number of nitrogens with zero attached hydrogens (tertiary/aromatic N) is 4. The summed E-state index contributed by atoms with van der Waals surface area (Å²) in [5.41, 5.74) is 3.29. The van der Waals surface area contributed by atoms with E-state index in [0.29, 0.717) is 36.7 Å². The molecule has 8 nitrogen and oxygen atoms in total. The first kappa shape index (κ1) is 28.4. The summed E-state index contributed by atoms with van der Waals surface area (Å²) in [5, 5.41) is 9.54. The summed E-state index contributed by atoms with van der Waals surface area (Å²) >= 11 is 1.49. The molecule has 2 aliphatic rings. The Balaban J connectivity index is 1.10. The fourth-order valence-electron chi connectivity index (χ4n) is 5.23. The second-order valence-electron chi connectivity index (χ2n) is 11.2. The summed E-state index contributed by atoms with van der Waals surface area (Å²) in [4.78, 5) is 38.3. The molecule has 1 amide bonds. The molecule has 218 valence electrons. The van der Waals surface area contributed by atoms with E-state index in [0.717, 1.165) is 58.8 Å². The summed E-state index contributed by atoms with van der Waals surface area (Å²) in [7, 11) is 0. The molecule has 6 rings (SSSR count). The molecule has 1 atom stereocenters. The van der Waals surface area contributed by atoms with Crippen LogP contribution in [0.4, 0.5) is 4.39 Å². The van der Waals surface area contributed by atoms with Gasteiger partial charge in [0, 0.05) is 64.0 Å². The number of fused-ring (bicyclic) bond motifs is 1. The van der Waals surface area contributed by atoms with Crippen LogP contribution in [0.3, 0.4) is 0 Å². The van der Waals surface area contributed by atoms with Crippen molar-refractivity contribution in [3.05, 3.63) is 71.8 Å². The van der Waals surface area contributed by atoms with Crippen LogP contribution in [0.2, 0.25) is 0 Å². The summed E-state index contributed by atoms with van der Waals surface area (Å²) in [6.45, 7) is 4.92. The first-order valence-corrected chi connectivity index (χ1v) is 15.1. The summed E-state index contributed by atoms with van der Waals surface area (Å²) in [6.07, 6.45) is 5.61. The lowest BCUT2D eigenvalue weighted by molar-refractivity contribution is -0.141. The third-order valence-corrected chi connectivity index (χ3v) is 8.89. The van der Waals surface area contributed by atoms with Gasteiger partial charge < -0.3 is 14.7 Å². The van der Waals surface area contributed by atoms with E-state index in [9.17, 15) is 19.1 Å². The van der Waals surface area contributed by atoms with Gasteiger partial charge in [-0.2, -0.15) is 0 Å². The Bertz CT molecular complexity index is 1590. The number of ether oxygens (including phenoxy) is 1.